The second-order valence-electron chi connectivity index (χ2n) is 4.31. The predicted octanol–water partition coefficient (Wildman–Crippen LogP) is 2.39. The van der Waals surface area contributed by atoms with Gasteiger partial charge in [-0.3, -0.25) is 0 Å². The van der Waals surface area contributed by atoms with Gasteiger partial charge in [0.05, 0.1) is 19.8 Å². The van der Waals surface area contributed by atoms with E-state index in [4.69, 9.17) is 14.2 Å². The molecular formula is C11H21O3P. The van der Waals surface area contributed by atoms with Gasteiger partial charge < -0.3 is 14.2 Å². The van der Waals surface area contributed by atoms with Crippen molar-refractivity contribution >= 4 is 7.92 Å². The molecule has 3 aliphatic heterocycles. The predicted molar refractivity (Wildman–Crippen MR) is 61.6 cm³/mol. The lowest BCUT2D eigenvalue weighted by Crippen LogP contribution is -2.38. The molecule has 15 heavy (non-hydrogen) atoms. The van der Waals surface area contributed by atoms with Crippen molar-refractivity contribution in [3.8, 4) is 0 Å². The molecule has 3 rings (SSSR count). The molecule has 0 amide bonds. The van der Waals surface area contributed by atoms with Gasteiger partial charge >= 0.3 is 0 Å². The quantitative estimate of drug-likeness (QED) is 0.600. The van der Waals surface area contributed by atoms with E-state index in [9.17, 15) is 0 Å². The largest absolute Gasteiger partial charge is 0.328 e. The maximum Gasteiger partial charge on any atom is 0.279 e. The summed E-state index contributed by atoms with van der Waals surface area (Å²) in [5.74, 6) is -0.780. The third-order valence-corrected chi connectivity index (χ3v) is 5.79. The Bertz CT molecular complexity index is 167. The first-order chi connectivity index (χ1) is 7.29. The van der Waals surface area contributed by atoms with Gasteiger partial charge in [0.1, 0.15) is 0 Å². The van der Waals surface area contributed by atoms with Crippen molar-refractivity contribution < 1.29 is 14.2 Å². The summed E-state index contributed by atoms with van der Waals surface area (Å²) in [5.41, 5.74) is 0. The minimum Gasteiger partial charge on any atom is -0.328 e. The Labute approximate surface area is 93.2 Å². The highest BCUT2D eigenvalue weighted by Gasteiger charge is 2.29. The molecule has 0 N–H and O–H groups in total. The molecule has 0 aromatic heterocycles. The highest BCUT2D eigenvalue weighted by atomic mass is 31.1. The highest BCUT2D eigenvalue weighted by molar-refractivity contribution is 7.57. The lowest BCUT2D eigenvalue weighted by atomic mass is 10.4. The standard InChI is InChI=1S/C11H21O3P/c1-11-12-5-2-8-15(9-3-6-13-11)10-4-7-14-11/h2-10H2,1H3. The third-order valence-electron chi connectivity index (χ3n) is 2.95. The van der Waals surface area contributed by atoms with Crippen molar-refractivity contribution in [3.63, 3.8) is 0 Å². The first kappa shape index (κ1) is 11.8. The average Bonchev–Trinajstić information content (AvgIpc) is 2.26. The topological polar surface area (TPSA) is 27.7 Å². The summed E-state index contributed by atoms with van der Waals surface area (Å²) in [6.07, 6.45) is 7.58. The minimum atomic E-state index is -0.780. The van der Waals surface area contributed by atoms with Crippen LogP contribution in [0, 0.1) is 0 Å². The van der Waals surface area contributed by atoms with Gasteiger partial charge in [0.25, 0.3) is 5.97 Å². The lowest BCUT2D eigenvalue weighted by Gasteiger charge is -2.33. The van der Waals surface area contributed by atoms with E-state index < -0.39 is 5.97 Å². The average molecular weight is 232 g/mol. The molecule has 3 saturated heterocycles. The summed E-state index contributed by atoms with van der Waals surface area (Å²) < 4.78 is 17.1. The van der Waals surface area contributed by atoms with Gasteiger partial charge in [-0.2, -0.15) is 0 Å². The Kier molecular flexibility index (Phi) is 4.39. The summed E-state index contributed by atoms with van der Waals surface area (Å²) in [4.78, 5) is 0. The van der Waals surface area contributed by atoms with Crippen molar-refractivity contribution in [1.82, 2.24) is 0 Å². The van der Waals surface area contributed by atoms with E-state index in [2.05, 4.69) is 0 Å². The molecule has 0 saturated carbocycles. The van der Waals surface area contributed by atoms with Crippen molar-refractivity contribution in [3.05, 3.63) is 0 Å². The van der Waals surface area contributed by atoms with Crippen LogP contribution in [0.2, 0.25) is 0 Å². The molecule has 3 heterocycles. The van der Waals surface area contributed by atoms with Gasteiger partial charge in [-0.25, -0.2) is 0 Å². The zero-order valence-electron chi connectivity index (χ0n) is 9.54. The van der Waals surface area contributed by atoms with Gasteiger partial charge in [0, 0.05) is 6.92 Å². The summed E-state index contributed by atoms with van der Waals surface area (Å²) in [6.45, 7) is 4.22. The maximum absolute atomic E-state index is 5.69. The Morgan fingerprint density at radius 1 is 0.800 bits per heavy atom. The molecule has 0 radical (unpaired) electrons. The lowest BCUT2D eigenvalue weighted by molar-refractivity contribution is -0.370. The van der Waals surface area contributed by atoms with Crippen LogP contribution in [0.1, 0.15) is 26.2 Å². The zero-order chi connectivity index (χ0) is 10.6. The van der Waals surface area contributed by atoms with E-state index >= 15 is 0 Å². The molecule has 3 fully saturated rings. The van der Waals surface area contributed by atoms with Gasteiger partial charge in [0.15, 0.2) is 0 Å². The van der Waals surface area contributed by atoms with Crippen LogP contribution in [0.5, 0.6) is 0 Å². The number of hydrogen-bond donors (Lipinski definition) is 0. The minimum absolute atomic E-state index is 0.218. The van der Waals surface area contributed by atoms with Crippen LogP contribution in [-0.4, -0.2) is 44.3 Å². The number of hydrogen-bond acceptors (Lipinski definition) is 3. The summed E-state index contributed by atoms with van der Waals surface area (Å²) in [7, 11) is 0.218. The Hall–Kier alpha value is 0.310. The Balaban J connectivity index is 2.02. The van der Waals surface area contributed by atoms with Crippen LogP contribution in [0.15, 0.2) is 0 Å². The van der Waals surface area contributed by atoms with Gasteiger partial charge in [-0.15, -0.1) is 7.92 Å². The first-order valence-electron chi connectivity index (χ1n) is 5.93. The van der Waals surface area contributed by atoms with Crippen LogP contribution in [0.25, 0.3) is 0 Å². The molecule has 0 atom stereocenters. The molecule has 0 unspecified atom stereocenters. The second-order valence-corrected chi connectivity index (χ2v) is 6.99. The van der Waals surface area contributed by atoms with E-state index in [-0.39, 0.29) is 7.92 Å². The molecule has 0 aliphatic carbocycles. The number of ether oxygens (including phenoxy) is 3. The number of rotatable bonds is 0. The van der Waals surface area contributed by atoms with Crippen LogP contribution >= 0.6 is 7.92 Å². The van der Waals surface area contributed by atoms with Crippen molar-refractivity contribution in [1.29, 1.82) is 0 Å². The molecular weight excluding hydrogens is 211 g/mol. The van der Waals surface area contributed by atoms with E-state index in [1.807, 2.05) is 6.92 Å². The molecule has 0 aromatic rings. The second kappa shape index (κ2) is 5.58. The summed E-state index contributed by atoms with van der Waals surface area (Å²) >= 11 is 0. The van der Waals surface area contributed by atoms with E-state index in [1.165, 1.54) is 18.5 Å². The van der Waals surface area contributed by atoms with Crippen molar-refractivity contribution in [2.75, 3.05) is 38.3 Å². The summed E-state index contributed by atoms with van der Waals surface area (Å²) in [5, 5.41) is 0. The van der Waals surface area contributed by atoms with E-state index in [0.717, 1.165) is 39.1 Å². The molecule has 2 bridgehead atoms. The Morgan fingerprint density at radius 2 is 1.20 bits per heavy atom. The fraction of sp³-hybridized carbons (Fsp3) is 1.00. The smallest absolute Gasteiger partial charge is 0.279 e. The number of fused-ring (bicyclic) bond motifs is 9. The van der Waals surface area contributed by atoms with Gasteiger partial charge in [0.2, 0.25) is 0 Å². The SMILES string of the molecule is CC12OCCCP(CCCO1)CCCO2. The summed E-state index contributed by atoms with van der Waals surface area (Å²) in [6, 6.07) is 0. The molecule has 0 spiro atoms. The van der Waals surface area contributed by atoms with Crippen molar-refractivity contribution in [2.45, 2.75) is 32.2 Å². The van der Waals surface area contributed by atoms with Crippen LogP contribution in [0.4, 0.5) is 0 Å². The van der Waals surface area contributed by atoms with E-state index in [1.54, 1.807) is 0 Å². The molecule has 3 aliphatic rings. The van der Waals surface area contributed by atoms with Crippen molar-refractivity contribution in [2.24, 2.45) is 0 Å². The molecule has 0 aromatic carbocycles. The van der Waals surface area contributed by atoms with Crippen LogP contribution in [0.3, 0.4) is 0 Å². The Morgan fingerprint density at radius 3 is 1.60 bits per heavy atom. The zero-order valence-corrected chi connectivity index (χ0v) is 10.4. The molecule has 4 heteroatoms. The maximum atomic E-state index is 5.69. The van der Waals surface area contributed by atoms with Gasteiger partial charge in [-0.1, -0.05) is 0 Å². The van der Waals surface area contributed by atoms with Crippen LogP contribution < -0.4 is 0 Å². The highest BCUT2D eigenvalue weighted by Crippen LogP contribution is 2.39. The third kappa shape index (κ3) is 3.67. The molecule has 88 valence electrons. The monoisotopic (exact) mass is 232 g/mol. The van der Waals surface area contributed by atoms with Gasteiger partial charge in [-0.05, 0) is 37.7 Å². The van der Waals surface area contributed by atoms with E-state index in [0.29, 0.717) is 0 Å². The fourth-order valence-electron chi connectivity index (χ4n) is 2.10. The fourth-order valence-corrected chi connectivity index (χ4v) is 4.50. The normalized spacial score (nSPS) is 39.4. The van der Waals surface area contributed by atoms with Crippen LogP contribution in [-0.2, 0) is 14.2 Å². The first-order valence-corrected chi connectivity index (χ1v) is 7.82. The molecule has 3 nitrogen and oxygen atoms in total.